The molecule has 0 unspecified atom stereocenters. The lowest BCUT2D eigenvalue weighted by atomic mass is 9.65. The van der Waals surface area contributed by atoms with Crippen molar-refractivity contribution in [3.05, 3.63) is 29.8 Å². The predicted molar refractivity (Wildman–Crippen MR) is 87.9 cm³/mol. The second-order valence-electron chi connectivity index (χ2n) is 6.16. The van der Waals surface area contributed by atoms with Crippen molar-refractivity contribution in [2.45, 2.75) is 43.6 Å². The standard InChI is InChI=1S/C14H19B2NO5S/c1-10-5-7-11(8-6-10)23(19,20)22-14(15,16)9-17-12(18)21-13(2,3)4/h5-8H,9H2,1-4H3,(H,17,18). The van der Waals surface area contributed by atoms with Gasteiger partial charge in [-0.05, 0) is 39.8 Å². The Kier molecular flexibility index (Phi) is 5.93. The minimum absolute atomic E-state index is 0.0827. The summed E-state index contributed by atoms with van der Waals surface area (Å²) in [6.45, 7) is 6.42. The molecule has 0 saturated carbocycles. The van der Waals surface area contributed by atoms with Crippen molar-refractivity contribution in [2.75, 3.05) is 6.54 Å². The first-order chi connectivity index (χ1) is 10.3. The summed E-state index contributed by atoms with van der Waals surface area (Å²) in [6.07, 6.45) is -0.783. The predicted octanol–water partition coefficient (Wildman–Crippen LogP) is 1.22. The quantitative estimate of drug-likeness (QED) is 0.646. The molecule has 23 heavy (non-hydrogen) atoms. The number of carbonyl (C=O) groups excluding carboxylic acids is 1. The fourth-order valence-corrected chi connectivity index (χ4v) is 2.54. The maximum atomic E-state index is 12.1. The molecule has 0 aliphatic rings. The van der Waals surface area contributed by atoms with Crippen LogP contribution in [-0.4, -0.2) is 47.7 Å². The largest absolute Gasteiger partial charge is 0.444 e. The Morgan fingerprint density at radius 3 is 2.17 bits per heavy atom. The fraction of sp³-hybridized carbons (Fsp3) is 0.500. The number of nitrogens with one attached hydrogen (secondary N) is 1. The Labute approximate surface area is 139 Å². The average Bonchev–Trinajstić information content (AvgIpc) is 2.34. The number of rotatable bonds is 5. The molecule has 1 aromatic rings. The molecule has 0 spiro atoms. The first-order valence-corrected chi connectivity index (χ1v) is 8.28. The zero-order valence-electron chi connectivity index (χ0n) is 13.6. The summed E-state index contributed by atoms with van der Waals surface area (Å²) in [7, 11) is 7.02. The molecule has 122 valence electrons. The van der Waals surface area contributed by atoms with E-state index in [2.05, 4.69) is 5.32 Å². The maximum absolute atomic E-state index is 12.1. The van der Waals surface area contributed by atoms with Crippen LogP contribution in [0.2, 0.25) is 0 Å². The highest BCUT2D eigenvalue weighted by Gasteiger charge is 2.28. The second-order valence-corrected chi connectivity index (χ2v) is 7.71. The van der Waals surface area contributed by atoms with Gasteiger partial charge in [0.05, 0.1) is 4.90 Å². The molecule has 0 aliphatic carbocycles. The molecule has 0 atom stereocenters. The van der Waals surface area contributed by atoms with Gasteiger partial charge in [0.2, 0.25) is 0 Å². The molecular formula is C14H19B2NO5S. The Morgan fingerprint density at radius 2 is 1.70 bits per heavy atom. The summed E-state index contributed by atoms with van der Waals surface area (Å²) in [5.74, 6) is 0. The van der Waals surface area contributed by atoms with Crippen LogP contribution in [0.25, 0.3) is 0 Å². The van der Waals surface area contributed by atoms with Crippen molar-refractivity contribution in [3.63, 3.8) is 0 Å². The van der Waals surface area contributed by atoms with E-state index in [1.165, 1.54) is 12.1 Å². The van der Waals surface area contributed by atoms with E-state index in [9.17, 15) is 13.2 Å². The molecule has 0 heterocycles. The van der Waals surface area contributed by atoms with Crippen LogP contribution in [0, 0.1) is 6.92 Å². The lowest BCUT2D eigenvalue weighted by Gasteiger charge is -2.27. The SMILES string of the molecule is [B]C([B])(CNC(=O)OC(C)(C)C)OS(=O)(=O)c1ccc(C)cc1. The van der Waals surface area contributed by atoms with Crippen molar-refractivity contribution in [1.82, 2.24) is 5.32 Å². The lowest BCUT2D eigenvalue weighted by molar-refractivity contribution is 0.0508. The van der Waals surface area contributed by atoms with Gasteiger partial charge >= 0.3 is 6.09 Å². The van der Waals surface area contributed by atoms with Gasteiger partial charge in [0.15, 0.2) is 0 Å². The molecule has 0 aromatic heterocycles. The molecule has 0 aliphatic heterocycles. The number of amides is 1. The summed E-state index contributed by atoms with van der Waals surface area (Å²) in [6, 6.07) is 5.98. The van der Waals surface area contributed by atoms with Crippen LogP contribution in [-0.2, 0) is 19.0 Å². The van der Waals surface area contributed by atoms with Crippen molar-refractivity contribution in [1.29, 1.82) is 0 Å². The second kappa shape index (κ2) is 6.97. The average molecular weight is 335 g/mol. The van der Waals surface area contributed by atoms with Crippen molar-refractivity contribution < 1.29 is 22.1 Å². The minimum atomic E-state index is -4.16. The van der Waals surface area contributed by atoms with Crippen LogP contribution >= 0.6 is 0 Å². The molecule has 0 fully saturated rings. The number of ether oxygens (including phenoxy) is 1. The van der Waals surface area contributed by atoms with Crippen molar-refractivity contribution in [2.24, 2.45) is 0 Å². The van der Waals surface area contributed by atoms with Crippen LogP contribution < -0.4 is 5.32 Å². The van der Waals surface area contributed by atoms with Crippen LogP contribution in [0.15, 0.2) is 29.2 Å². The van der Waals surface area contributed by atoms with Gasteiger partial charge in [-0.25, -0.2) is 4.79 Å². The number of aryl methyl sites for hydroxylation is 1. The van der Waals surface area contributed by atoms with Crippen molar-refractivity contribution in [3.8, 4) is 0 Å². The Balaban J connectivity index is 2.70. The van der Waals surface area contributed by atoms with E-state index in [0.717, 1.165) is 5.56 Å². The van der Waals surface area contributed by atoms with Crippen LogP contribution in [0.3, 0.4) is 0 Å². The third kappa shape index (κ3) is 7.09. The summed E-state index contributed by atoms with van der Waals surface area (Å²) in [5.41, 5.74) is 0.187. The smallest absolute Gasteiger partial charge is 0.407 e. The third-order valence-electron chi connectivity index (χ3n) is 2.48. The van der Waals surface area contributed by atoms with E-state index in [-0.39, 0.29) is 4.90 Å². The molecule has 4 radical (unpaired) electrons. The molecule has 0 saturated heterocycles. The van der Waals surface area contributed by atoms with Gasteiger partial charge in [-0.1, -0.05) is 17.7 Å². The summed E-state index contributed by atoms with van der Waals surface area (Å²) >= 11 is 0. The van der Waals surface area contributed by atoms with Gasteiger partial charge in [-0.15, -0.1) is 0 Å². The monoisotopic (exact) mass is 335 g/mol. The zero-order chi connectivity index (χ0) is 17.9. The van der Waals surface area contributed by atoms with Crippen LogP contribution in [0.1, 0.15) is 26.3 Å². The van der Waals surface area contributed by atoms with E-state index in [1.54, 1.807) is 32.9 Å². The third-order valence-corrected chi connectivity index (χ3v) is 3.86. The number of hydrogen-bond donors (Lipinski definition) is 1. The summed E-state index contributed by atoms with van der Waals surface area (Å²) < 4.78 is 34.0. The van der Waals surface area contributed by atoms with Crippen LogP contribution in [0.5, 0.6) is 0 Å². The Morgan fingerprint density at radius 1 is 1.17 bits per heavy atom. The number of hydrogen-bond acceptors (Lipinski definition) is 5. The van der Waals surface area contributed by atoms with Crippen LogP contribution in [0.4, 0.5) is 4.79 Å². The van der Waals surface area contributed by atoms with Gasteiger partial charge in [0.25, 0.3) is 10.1 Å². The molecule has 1 N–H and O–H groups in total. The minimum Gasteiger partial charge on any atom is -0.444 e. The van der Waals surface area contributed by atoms with E-state index in [4.69, 9.17) is 24.6 Å². The normalized spacial score (nSPS) is 12.7. The van der Waals surface area contributed by atoms with Crippen molar-refractivity contribution >= 4 is 31.9 Å². The number of alkyl carbamates (subject to hydrolysis) is 1. The van der Waals surface area contributed by atoms with Gasteiger partial charge < -0.3 is 10.1 Å². The molecule has 0 bridgehead atoms. The molecule has 1 amide bonds. The highest BCUT2D eigenvalue weighted by Crippen LogP contribution is 2.17. The van der Waals surface area contributed by atoms with Gasteiger partial charge in [0.1, 0.15) is 21.3 Å². The topological polar surface area (TPSA) is 81.7 Å². The van der Waals surface area contributed by atoms with E-state index >= 15 is 0 Å². The highest BCUT2D eigenvalue weighted by molar-refractivity contribution is 7.86. The zero-order valence-corrected chi connectivity index (χ0v) is 14.4. The molecular weight excluding hydrogens is 316 g/mol. The number of carbonyl (C=O) groups is 1. The van der Waals surface area contributed by atoms with Gasteiger partial charge in [-0.3, -0.25) is 4.18 Å². The van der Waals surface area contributed by atoms with E-state index < -0.39 is 33.8 Å². The molecule has 1 rings (SSSR count). The first-order valence-electron chi connectivity index (χ1n) is 6.88. The summed E-state index contributed by atoms with van der Waals surface area (Å²) in [4.78, 5) is 11.4. The molecule has 9 heteroatoms. The van der Waals surface area contributed by atoms with Gasteiger partial charge in [0, 0.05) is 11.9 Å². The van der Waals surface area contributed by atoms with Gasteiger partial charge in [-0.2, -0.15) is 8.42 Å². The molecule has 6 nitrogen and oxygen atoms in total. The lowest BCUT2D eigenvalue weighted by Crippen LogP contribution is -2.48. The maximum Gasteiger partial charge on any atom is 0.407 e. The Hall–Kier alpha value is -1.47. The Bertz CT molecular complexity index is 651. The highest BCUT2D eigenvalue weighted by atomic mass is 32.2. The fourth-order valence-electron chi connectivity index (χ4n) is 1.51. The van der Waals surface area contributed by atoms with E-state index in [0.29, 0.717) is 0 Å². The van der Waals surface area contributed by atoms with E-state index in [1.807, 2.05) is 6.92 Å². The number of benzene rings is 1. The summed E-state index contributed by atoms with van der Waals surface area (Å²) in [5, 5.41) is 0.152. The first kappa shape index (κ1) is 19.6. The molecule has 1 aromatic carbocycles.